The minimum absolute atomic E-state index is 0.219. The Morgan fingerprint density at radius 3 is 2.12 bits per heavy atom. The van der Waals surface area contributed by atoms with Crippen LogP contribution in [-0.4, -0.2) is 22.4 Å². The van der Waals surface area contributed by atoms with E-state index in [-0.39, 0.29) is 17.6 Å². The molecule has 0 atom stereocenters. The lowest BCUT2D eigenvalue weighted by Crippen LogP contribution is -2.17. The molecule has 1 aliphatic heterocycles. The van der Waals surface area contributed by atoms with Crippen LogP contribution in [0.4, 0.5) is 0 Å². The van der Waals surface area contributed by atoms with Crippen LogP contribution < -0.4 is 15.2 Å². The minimum atomic E-state index is -0.464. The molecule has 0 saturated carbocycles. The minimum Gasteiger partial charge on any atom is -0.507 e. The third kappa shape index (κ3) is 4.25. The van der Waals surface area contributed by atoms with Crippen molar-refractivity contribution in [1.29, 1.82) is 0 Å². The Bertz CT molecular complexity index is 1240. The van der Waals surface area contributed by atoms with Crippen molar-refractivity contribution in [3.8, 4) is 28.5 Å². The summed E-state index contributed by atoms with van der Waals surface area (Å²) in [6.45, 7) is 15.2. The fourth-order valence-corrected chi connectivity index (χ4v) is 4.49. The molecule has 2 aromatic carbocycles. The van der Waals surface area contributed by atoms with Crippen LogP contribution in [0.3, 0.4) is 0 Å². The summed E-state index contributed by atoms with van der Waals surface area (Å²) in [6.07, 6.45) is 0. The van der Waals surface area contributed by atoms with Gasteiger partial charge in [0.05, 0.1) is 5.56 Å². The molecule has 0 spiro atoms. The molecular formula is C28H34N2O4. The molecule has 2 heterocycles. The fraction of sp³-hybridized carbons (Fsp3) is 0.393. The van der Waals surface area contributed by atoms with Crippen LogP contribution in [0.15, 0.2) is 36.4 Å². The van der Waals surface area contributed by atoms with Gasteiger partial charge in [-0.25, -0.2) is 0 Å². The van der Waals surface area contributed by atoms with Gasteiger partial charge in [-0.2, -0.15) is 0 Å². The van der Waals surface area contributed by atoms with Crippen molar-refractivity contribution >= 4 is 5.91 Å². The van der Waals surface area contributed by atoms with Gasteiger partial charge >= 0.3 is 0 Å². The van der Waals surface area contributed by atoms with E-state index in [2.05, 4.69) is 46.1 Å². The summed E-state index contributed by atoms with van der Waals surface area (Å²) in [6, 6.07) is 11.8. The zero-order valence-corrected chi connectivity index (χ0v) is 21.1. The molecule has 0 fully saturated rings. The van der Waals surface area contributed by atoms with Gasteiger partial charge in [0.1, 0.15) is 5.75 Å². The highest BCUT2D eigenvalue weighted by Gasteiger charge is 2.28. The van der Waals surface area contributed by atoms with Crippen molar-refractivity contribution in [3.05, 3.63) is 64.3 Å². The van der Waals surface area contributed by atoms with E-state index in [4.69, 9.17) is 15.2 Å². The van der Waals surface area contributed by atoms with Gasteiger partial charge in [0.15, 0.2) is 11.5 Å². The number of phenolic OH excluding ortho intramolecular Hbond substituents is 1. The number of benzene rings is 2. The highest BCUT2D eigenvalue weighted by Crippen LogP contribution is 2.43. The molecule has 180 valence electrons. The monoisotopic (exact) mass is 462 g/mol. The van der Waals surface area contributed by atoms with E-state index in [0.29, 0.717) is 23.6 Å². The normalized spacial score (nSPS) is 13.4. The van der Waals surface area contributed by atoms with Crippen molar-refractivity contribution in [3.63, 3.8) is 0 Å². The standard InChI is InChI=1S/C28H34N2O4/c1-16-19(26(29)32)13-22(30(16)14-17-8-9-23-24(10-17)34-15-33-23)18-11-20(27(2,3)4)25(31)21(12-18)28(5,6)7/h8-13,31H,14-15H2,1-7H3,(H2,29,32). The Balaban J connectivity index is 1.92. The van der Waals surface area contributed by atoms with Crippen LogP contribution in [0.25, 0.3) is 11.3 Å². The van der Waals surface area contributed by atoms with Gasteiger partial charge in [0, 0.05) is 29.1 Å². The molecule has 1 aliphatic rings. The number of aromatic hydroxyl groups is 1. The summed E-state index contributed by atoms with van der Waals surface area (Å²) in [4.78, 5) is 12.3. The number of rotatable bonds is 4. The highest BCUT2D eigenvalue weighted by molar-refractivity contribution is 5.95. The van der Waals surface area contributed by atoms with Crippen LogP contribution in [0.2, 0.25) is 0 Å². The first-order valence-electron chi connectivity index (χ1n) is 11.5. The highest BCUT2D eigenvalue weighted by atomic mass is 16.7. The molecule has 6 nitrogen and oxygen atoms in total. The van der Waals surface area contributed by atoms with E-state index in [0.717, 1.165) is 39.4 Å². The SMILES string of the molecule is Cc1c(C(N)=O)cc(-c2cc(C(C)(C)C)c(O)c(C(C)(C)C)c2)n1Cc1ccc2c(c1)OCO2. The lowest BCUT2D eigenvalue weighted by molar-refractivity contribution is 0.0999. The number of nitrogens with zero attached hydrogens (tertiary/aromatic N) is 1. The third-order valence-electron chi connectivity index (χ3n) is 6.43. The average molecular weight is 463 g/mol. The lowest BCUT2D eigenvalue weighted by Gasteiger charge is -2.28. The lowest BCUT2D eigenvalue weighted by atomic mass is 9.78. The number of aromatic nitrogens is 1. The topological polar surface area (TPSA) is 86.7 Å². The van der Waals surface area contributed by atoms with Gasteiger partial charge in [0.2, 0.25) is 6.79 Å². The number of primary amides is 1. The molecule has 1 amide bonds. The zero-order valence-electron chi connectivity index (χ0n) is 21.1. The Morgan fingerprint density at radius 1 is 0.971 bits per heavy atom. The molecule has 3 aromatic rings. The number of fused-ring (bicyclic) bond motifs is 1. The molecule has 6 heteroatoms. The van der Waals surface area contributed by atoms with E-state index < -0.39 is 5.91 Å². The Morgan fingerprint density at radius 2 is 1.56 bits per heavy atom. The second-order valence-electron chi connectivity index (χ2n) is 11.1. The van der Waals surface area contributed by atoms with Crippen LogP contribution >= 0.6 is 0 Å². The summed E-state index contributed by atoms with van der Waals surface area (Å²) in [5.74, 6) is 1.31. The molecule has 0 radical (unpaired) electrons. The van der Waals surface area contributed by atoms with Gasteiger partial charge in [0.25, 0.3) is 5.91 Å². The number of amides is 1. The number of phenols is 1. The van der Waals surface area contributed by atoms with E-state index >= 15 is 0 Å². The summed E-state index contributed by atoms with van der Waals surface area (Å²) in [5.41, 5.74) is 11.0. The van der Waals surface area contributed by atoms with Crippen LogP contribution in [0.1, 0.15) is 74.3 Å². The van der Waals surface area contributed by atoms with Crippen LogP contribution in [0.5, 0.6) is 17.2 Å². The molecule has 3 N–H and O–H groups in total. The molecule has 1 aromatic heterocycles. The Kier molecular flexibility index (Phi) is 5.67. The van der Waals surface area contributed by atoms with E-state index in [1.165, 1.54) is 0 Å². The largest absolute Gasteiger partial charge is 0.507 e. The number of hydrogen-bond acceptors (Lipinski definition) is 4. The average Bonchev–Trinajstić information content (AvgIpc) is 3.31. The summed E-state index contributed by atoms with van der Waals surface area (Å²) >= 11 is 0. The first kappa shape index (κ1) is 23.7. The van der Waals surface area contributed by atoms with Crippen molar-refractivity contribution in [2.45, 2.75) is 65.8 Å². The van der Waals surface area contributed by atoms with Gasteiger partial charge < -0.3 is 24.9 Å². The summed E-state index contributed by atoms with van der Waals surface area (Å²) in [7, 11) is 0. The maximum atomic E-state index is 12.3. The Labute approximate surface area is 201 Å². The number of carbonyl (C=O) groups is 1. The van der Waals surface area contributed by atoms with Crippen LogP contribution in [-0.2, 0) is 17.4 Å². The second-order valence-corrected chi connectivity index (χ2v) is 11.1. The van der Waals surface area contributed by atoms with E-state index in [1.807, 2.05) is 43.3 Å². The number of hydrogen-bond donors (Lipinski definition) is 2. The Hall–Kier alpha value is -3.41. The molecule has 0 bridgehead atoms. The van der Waals surface area contributed by atoms with Crippen molar-refractivity contribution in [2.75, 3.05) is 6.79 Å². The zero-order chi connectivity index (χ0) is 25.0. The first-order valence-corrected chi connectivity index (χ1v) is 11.5. The smallest absolute Gasteiger partial charge is 0.250 e. The van der Waals surface area contributed by atoms with Crippen molar-refractivity contribution in [1.82, 2.24) is 4.57 Å². The van der Waals surface area contributed by atoms with Gasteiger partial charge in [-0.05, 0) is 59.2 Å². The molecule has 4 rings (SSSR count). The molecule has 0 unspecified atom stereocenters. The maximum Gasteiger partial charge on any atom is 0.250 e. The predicted molar refractivity (Wildman–Crippen MR) is 134 cm³/mol. The molecule has 0 aliphatic carbocycles. The first-order chi connectivity index (χ1) is 15.8. The van der Waals surface area contributed by atoms with E-state index in [1.54, 1.807) is 0 Å². The molecular weight excluding hydrogens is 428 g/mol. The summed E-state index contributed by atoms with van der Waals surface area (Å²) < 4.78 is 13.1. The predicted octanol–water partition coefficient (Wildman–Crippen LogP) is 5.64. The van der Waals surface area contributed by atoms with Gasteiger partial charge in [-0.3, -0.25) is 4.79 Å². The van der Waals surface area contributed by atoms with Gasteiger partial charge in [-0.15, -0.1) is 0 Å². The van der Waals surface area contributed by atoms with Crippen LogP contribution in [0, 0.1) is 6.92 Å². The number of ether oxygens (including phenoxy) is 2. The molecule has 34 heavy (non-hydrogen) atoms. The number of nitrogens with two attached hydrogens (primary N) is 1. The number of carbonyl (C=O) groups excluding carboxylic acids is 1. The third-order valence-corrected chi connectivity index (χ3v) is 6.43. The quantitative estimate of drug-likeness (QED) is 0.525. The maximum absolute atomic E-state index is 12.3. The summed E-state index contributed by atoms with van der Waals surface area (Å²) in [5, 5.41) is 11.2. The second kappa shape index (κ2) is 8.12. The van der Waals surface area contributed by atoms with Crippen molar-refractivity contribution in [2.24, 2.45) is 5.73 Å². The van der Waals surface area contributed by atoms with Crippen molar-refractivity contribution < 1.29 is 19.4 Å². The fourth-order valence-electron chi connectivity index (χ4n) is 4.49. The van der Waals surface area contributed by atoms with Gasteiger partial charge in [-0.1, -0.05) is 47.6 Å². The van der Waals surface area contributed by atoms with E-state index in [9.17, 15) is 9.90 Å². The molecule has 0 saturated heterocycles.